The summed E-state index contributed by atoms with van der Waals surface area (Å²) in [6.07, 6.45) is 0. The molecule has 2 N–H and O–H groups in total. The molecule has 0 aliphatic heterocycles. The van der Waals surface area contributed by atoms with Crippen molar-refractivity contribution in [3.8, 4) is 5.75 Å². The molecule has 1 unspecified atom stereocenters. The summed E-state index contributed by atoms with van der Waals surface area (Å²) in [5, 5.41) is 8.40. The largest absolute Gasteiger partial charge is 0.492 e. The molecule has 8 heteroatoms. The van der Waals surface area contributed by atoms with Crippen LogP contribution in [0.5, 0.6) is 5.75 Å². The molecule has 132 valence electrons. The predicted octanol–water partition coefficient (Wildman–Crippen LogP) is 3.95. The molecule has 0 aliphatic rings. The Kier molecular flexibility index (Phi) is 8.98. The van der Waals surface area contributed by atoms with Crippen molar-refractivity contribution in [3.63, 3.8) is 0 Å². The van der Waals surface area contributed by atoms with Crippen LogP contribution in [0.15, 0.2) is 40.7 Å². The number of ether oxygens (including phenoxy) is 1. The van der Waals surface area contributed by atoms with E-state index in [9.17, 15) is 8.78 Å². The van der Waals surface area contributed by atoms with Gasteiger partial charge in [-0.1, -0.05) is 6.07 Å². The molecule has 0 amide bonds. The van der Waals surface area contributed by atoms with E-state index in [-0.39, 0.29) is 30.0 Å². The molecule has 0 radical (unpaired) electrons. The highest BCUT2D eigenvalue weighted by atomic mass is 127. The number of nitrogens with zero attached hydrogens (tertiary/aromatic N) is 1. The van der Waals surface area contributed by atoms with E-state index in [0.717, 1.165) is 12.1 Å². The average molecular weight is 467 g/mol. The van der Waals surface area contributed by atoms with Crippen molar-refractivity contribution in [2.45, 2.75) is 13.0 Å². The van der Waals surface area contributed by atoms with Gasteiger partial charge >= 0.3 is 0 Å². The summed E-state index contributed by atoms with van der Waals surface area (Å²) in [5.41, 5.74) is 0. The minimum absolute atomic E-state index is 0. The van der Waals surface area contributed by atoms with Crippen LogP contribution in [0.2, 0.25) is 0 Å². The summed E-state index contributed by atoms with van der Waals surface area (Å²) >= 11 is 1.68. The van der Waals surface area contributed by atoms with Gasteiger partial charge in [0.1, 0.15) is 12.4 Å². The fraction of sp³-hybridized carbons (Fsp3) is 0.312. The van der Waals surface area contributed by atoms with E-state index in [4.69, 9.17) is 4.74 Å². The normalized spacial score (nSPS) is 12.2. The maximum atomic E-state index is 13.1. The first kappa shape index (κ1) is 20.6. The number of nitrogens with one attached hydrogen (secondary N) is 2. The topological polar surface area (TPSA) is 45.7 Å². The molecular weight excluding hydrogens is 447 g/mol. The van der Waals surface area contributed by atoms with E-state index in [1.807, 2.05) is 11.4 Å². The van der Waals surface area contributed by atoms with E-state index in [1.165, 1.54) is 10.9 Å². The third-order valence-corrected chi connectivity index (χ3v) is 4.16. The first-order chi connectivity index (χ1) is 11.1. The first-order valence-corrected chi connectivity index (χ1v) is 8.06. The smallest absolute Gasteiger partial charge is 0.191 e. The Morgan fingerprint density at radius 3 is 2.71 bits per heavy atom. The molecule has 0 fully saturated rings. The maximum absolute atomic E-state index is 13.1. The molecule has 2 rings (SSSR count). The molecule has 0 aliphatic carbocycles. The standard InChI is InChI=1S/C16H19F2N3OS.HI/c1-11(15-4-3-9-23-15)21-16(19-2)20-7-8-22-12-5-6-13(17)14(18)10-12;/h3-6,9-11H,7-8H2,1-2H3,(H2,19,20,21);1H. The Hall–Kier alpha value is -1.42. The van der Waals surface area contributed by atoms with Crippen LogP contribution in [0.3, 0.4) is 0 Å². The number of hydrogen-bond donors (Lipinski definition) is 2. The van der Waals surface area contributed by atoms with Gasteiger partial charge in [0.15, 0.2) is 17.6 Å². The fourth-order valence-electron chi connectivity index (χ4n) is 1.91. The zero-order valence-corrected chi connectivity index (χ0v) is 16.5. The number of benzene rings is 1. The molecule has 1 aromatic heterocycles. The van der Waals surface area contributed by atoms with Crippen LogP contribution in [0.1, 0.15) is 17.8 Å². The van der Waals surface area contributed by atoms with Crippen molar-refractivity contribution in [2.24, 2.45) is 4.99 Å². The molecule has 1 atom stereocenters. The second-order valence-electron chi connectivity index (χ2n) is 4.80. The molecule has 0 bridgehead atoms. The van der Waals surface area contributed by atoms with Gasteiger partial charge in [0.25, 0.3) is 0 Å². The second-order valence-corrected chi connectivity index (χ2v) is 5.78. The molecule has 0 saturated carbocycles. The second kappa shape index (κ2) is 10.4. The van der Waals surface area contributed by atoms with Crippen LogP contribution >= 0.6 is 35.3 Å². The summed E-state index contributed by atoms with van der Waals surface area (Å²) in [7, 11) is 1.69. The van der Waals surface area contributed by atoms with Crippen molar-refractivity contribution in [2.75, 3.05) is 20.2 Å². The number of halogens is 3. The Balaban J connectivity index is 0.00000288. The van der Waals surface area contributed by atoms with E-state index < -0.39 is 11.6 Å². The van der Waals surface area contributed by atoms with Gasteiger partial charge in [-0.2, -0.15) is 0 Å². The lowest BCUT2D eigenvalue weighted by molar-refractivity contribution is 0.318. The summed E-state index contributed by atoms with van der Waals surface area (Å²) < 4.78 is 31.2. The monoisotopic (exact) mass is 467 g/mol. The zero-order valence-electron chi connectivity index (χ0n) is 13.4. The van der Waals surface area contributed by atoms with Crippen LogP contribution in [0.4, 0.5) is 8.78 Å². The Labute approximate surface area is 161 Å². The predicted molar refractivity (Wildman–Crippen MR) is 104 cm³/mol. The minimum atomic E-state index is -0.919. The van der Waals surface area contributed by atoms with Crippen molar-refractivity contribution >= 4 is 41.3 Å². The molecular formula is C16H20F2IN3OS. The minimum Gasteiger partial charge on any atom is -0.492 e. The lowest BCUT2D eigenvalue weighted by Gasteiger charge is -2.17. The summed E-state index contributed by atoms with van der Waals surface area (Å²) in [6, 6.07) is 7.67. The van der Waals surface area contributed by atoms with E-state index in [0.29, 0.717) is 24.9 Å². The SMILES string of the molecule is CN=C(NCCOc1ccc(F)c(F)c1)NC(C)c1cccs1.I. The molecule has 1 aromatic carbocycles. The number of thiophene rings is 1. The van der Waals surface area contributed by atoms with E-state index >= 15 is 0 Å². The molecule has 24 heavy (non-hydrogen) atoms. The van der Waals surface area contributed by atoms with Crippen LogP contribution in [0.25, 0.3) is 0 Å². The van der Waals surface area contributed by atoms with Gasteiger partial charge in [-0.25, -0.2) is 8.78 Å². The Morgan fingerprint density at radius 1 is 1.29 bits per heavy atom. The maximum Gasteiger partial charge on any atom is 0.191 e. The lowest BCUT2D eigenvalue weighted by Crippen LogP contribution is -2.40. The van der Waals surface area contributed by atoms with E-state index in [2.05, 4.69) is 28.6 Å². The van der Waals surface area contributed by atoms with Gasteiger partial charge in [-0.3, -0.25) is 4.99 Å². The van der Waals surface area contributed by atoms with Gasteiger partial charge in [0.2, 0.25) is 0 Å². The summed E-state index contributed by atoms with van der Waals surface area (Å²) in [4.78, 5) is 5.36. The quantitative estimate of drug-likeness (QED) is 0.293. The number of hydrogen-bond acceptors (Lipinski definition) is 3. The lowest BCUT2D eigenvalue weighted by atomic mass is 10.3. The average Bonchev–Trinajstić information content (AvgIpc) is 3.08. The number of aliphatic imine (C=N–C) groups is 1. The molecule has 2 aromatic rings. The molecule has 1 heterocycles. The Bertz CT molecular complexity index is 653. The highest BCUT2D eigenvalue weighted by Gasteiger charge is 2.08. The van der Waals surface area contributed by atoms with Gasteiger partial charge in [-0.05, 0) is 30.5 Å². The van der Waals surface area contributed by atoms with Gasteiger partial charge in [-0.15, -0.1) is 35.3 Å². The number of guanidine groups is 1. The van der Waals surface area contributed by atoms with Gasteiger partial charge in [0.05, 0.1) is 12.6 Å². The molecule has 0 saturated heterocycles. The number of rotatable bonds is 6. The Morgan fingerprint density at radius 2 is 2.08 bits per heavy atom. The molecule has 0 spiro atoms. The van der Waals surface area contributed by atoms with Crippen molar-refractivity contribution in [3.05, 3.63) is 52.2 Å². The summed E-state index contributed by atoms with van der Waals surface area (Å²) in [6.45, 7) is 2.84. The van der Waals surface area contributed by atoms with Gasteiger partial charge < -0.3 is 15.4 Å². The van der Waals surface area contributed by atoms with Crippen molar-refractivity contribution < 1.29 is 13.5 Å². The highest BCUT2D eigenvalue weighted by Crippen LogP contribution is 2.18. The zero-order chi connectivity index (χ0) is 16.7. The molecule has 4 nitrogen and oxygen atoms in total. The van der Waals surface area contributed by atoms with Crippen molar-refractivity contribution in [1.82, 2.24) is 10.6 Å². The first-order valence-electron chi connectivity index (χ1n) is 7.18. The van der Waals surface area contributed by atoms with E-state index in [1.54, 1.807) is 18.4 Å². The third-order valence-electron chi connectivity index (χ3n) is 3.10. The van der Waals surface area contributed by atoms with Crippen LogP contribution in [-0.2, 0) is 0 Å². The fourth-order valence-corrected chi connectivity index (χ4v) is 2.65. The van der Waals surface area contributed by atoms with Gasteiger partial charge in [0, 0.05) is 18.0 Å². The third kappa shape index (κ3) is 6.23. The van der Waals surface area contributed by atoms with Crippen LogP contribution < -0.4 is 15.4 Å². The van der Waals surface area contributed by atoms with Crippen LogP contribution in [-0.4, -0.2) is 26.2 Å². The van der Waals surface area contributed by atoms with Crippen LogP contribution in [0, 0.1) is 11.6 Å². The highest BCUT2D eigenvalue weighted by molar-refractivity contribution is 14.0. The summed E-state index contributed by atoms with van der Waals surface area (Å²) in [5.74, 6) is -0.860. The van der Waals surface area contributed by atoms with Crippen molar-refractivity contribution in [1.29, 1.82) is 0 Å².